The lowest BCUT2D eigenvalue weighted by atomic mass is 10.0. The molecule has 0 radical (unpaired) electrons. The SMILES string of the molecule is CCNC(c1cc(C)c(Br)s1)c1ccc(Br)cc1OC. The zero-order valence-electron chi connectivity index (χ0n) is 11.7. The van der Waals surface area contributed by atoms with E-state index in [9.17, 15) is 0 Å². The number of methoxy groups -OCH3 is 1. The number of rotatable bonds is 5. The van der Waals surface area contributed by atoms with Crippen molar-refractivity contribution in [3.63, 3.8) is 0 Å². The first-order valence-corrected chi connectivity index (χ1v) is 8.79. The summed E-state index contributed by atoms with van der Waals surface area (Å²) in [6, 6.07) is 8.55. The number of halogens is 2. The molecule has 0 bridgehead atoms. The van der Waals surface area contributed by atoms with Crippen LogP contribution in [0.15, 0.2) is 32.5 Å². The first-order chi connectivity index (χ1) is 9.56. The molecule has 2 aromatic rings. The van der Waals surface area contributed by atoms with Gasteiger partial charge in [0.15, 0.2) is 0 Å². The molecule has 0 amide bonds. The number of ether oxygens (including phenoxy) is 1. The van der Waals surface area contributed by atoms with Gasteiger partial charge in [0.1, 0.15) is 5.75 Å². The summed E-state index contributed by atoms with van der Waals surface area (Å²) in [5.41, 5.74) is 2.43. The average Bonchev–Trinajstić information content (AvgIpc) is 2.76. The van der Waals surface area contributed by atoms with Gasteiger partial charge < -0.3 is 10.1 Å². The Hall–Kier alpha value is -0.360. The summed E-state index contributed by atoms with van der Waals surface area (Å²) < 4.78 is 7.75. The van der Waals surface area contributed by atoms with Gasteiger partial charge in [-0.2, -0.15) is 0 Å². The second kappa shape index (κ2) is 7.07. The van der Waals surface area contributed by atoms with Crippen molar-refractivity contribution in [3.05, 3.63) is 48.5 Å². The number of benzene rings is 1. The summed E-state index contributed by atoms with van der Waals surface area (Å²) >= 11 is 8.87. The van der Waals surface area contributed by atoms with Gasteiger partial charge in [0, 0.05) is 14.9 Å². The number of nitrogens with one attached hydrogen (secondary N) is 1. The van der Waals surface area contributed by atoms with Crippen LogP contribution in [0.25, 0.3) is 0 Å². The molecule has 2 nitrogen and oxygen atoms in total. The van der Waals surface area contributed by atoms with Gasteiger partial charge in [0.25, 0.3) is 0 Å². The van der Waals surface area contributed by atoms with Crippen LogP contribution in [0.4, 0.5) is 0 Å². The van der Waals surface area contributed by atoms with E-state index in [2.05, 4.69) is 69.2 Å². The molecule has 108 valence electrons. The molecule has 1 unspecified atom stereocenters. The highest BCUT2D eigenvalue weighted by Crippen LogP contribution is 2.38. The molecular weight excluding hydrogens is 402 g/mol. The summed E-state index contributed by atoms with van der Waals surface area (Å²) in [6.45, 7) is 5.14. The Morgan fingerprint density at radius 2 is 2.05 bits per heavy atom. The summed E-state index contributed by atoms with van der Waals surface area (Å²) in [7, 11) is 1.71. The molecule has 5 heteroatoms. The van der Waals surface area contributed by atoms with E-state index in [1.54, 1.807) is 18.4 Å². The van der Waals surface area contributed by atoms with Crippen LogP contribution in [0.1, 0.15) is 29.0 Å². The fourth-order valence-corrected chi connectivity index (χ4v) is 4.12. The molecule has 0 fully saturated rings. The molecule has 0 saturated carbocycles. The molecule has 0 aliphatic carbocycles. The average molecular weight is 419 g/mol. The third-order valence-electron chi connectivity index (χ3n) is 3.08. The predicted octanol–water partition coefficient (Wildman–Crippen LogP) is 5.29. The highest BCUT2D eigenvalue weighted by atomic mass is 79.9. The molecule has 1 atom stereocenters. The van der Waals surface area contributed by atoms with Crippen molar-refractivity contribution >= 4 is 43.2 Å². The van der Waals surface area contributed by atoms with Crippen LogP contribution in [0.2, 0.25) is 0 Å². The molecular formula is C15H17Br2NOS. The smallest absolute Gasteiger partial charge is 0.125 e. The summed E-state index contributed by atoms with van der Waals surface area (Å²) in [5, 5.41) is 3.54. The molecule has 1 aromatic carbocycles. The van der Waals surface area contributed by atoms with E-state index >= 15 is 0 Å². The third-order valence-corrected chi connectivity index (χ3v) is 5.77. The van der Waals surface area contributed by atoms with Crippen molar-refractivity contribution in [1.82, 2.24) is 5.32 Å². The topological polar surface area (TPSA) is 21.3 Å². The standard InChI is InChI=1S/C15H17Br2NOS/c1-4-18-14(13-7-9(2)15(17)20-13)11-6-5-10(16)8-12(11)19-3/h5-8,14,18H,4H2,1-3H3. The van der Waals surface area contributed by atoms with Crippen molar-refractivity contribution < 1.29 is 4.74 Å². The highest BCUT2D eigenvalue weighted by Gasteiger charge is 2.20. The lowest BCUT2D eigenvalue weighted by Crippen LogP contribution is -2.21. The first kappa shape index (κ1) is 16.0. The normalized spacial score (nSPS) is 12.4. The maximum Gasteiger partial charge on any atom is 0.125 e. The quantitative estimate of drug-likeness (QED) is 0.712. The van der Waals surface area contributed by atoms with E-state index in [1.807, 2.05) is 6.07 Å². The van der Waals surface area contributed by atoms with E-state index in [0.29, 0.717) is 0 Å². The van der Waals surface area contributed by atoms with Crippen molar-refractivity contribution in [2.75, 3.05) is 13.7 Å². The molecule has 2 rings (SSSR count). The highest BCUT2D eigenvalue weighted by molar-refractivity contribution is 9.11. The lowest BCUT2D eigenvalue weighted by Gasteiger charge is -2.20. The van der Waals surface area contributed by atoms with Gasteiger partial charge in [0.2, 0.25) is 0 Å². The Morgan fingerprint density at radius 3 is 2.60 bits per heavy atom. The van der Waals surface area contributed by atoms with Gasteiger partial charge in [-0.1, -0.05) is 28.9 Å². The summed E-state index contributed by atoms with van der Waals surface area (Å²) in [6.07, 6.45) is 0. The van der Waals surface area contributed by atoms with Crippen LogP contribution in [-0.4, -0.2) is 13.7 Å². The minimum atomic E-state index is 0.151. The van der Waals surface area contributed by atoms with Crippen LogP contribution in [-0.2, 0) is 0 Å². The Balaban J connectivity index is 2.47. The molecule has 0 aliphatic heterocycles. The van der Waals surface area contributed by atoms with Gasteiger partial charge in [-0.25, -0.2) is 0 Å². The first-order valence-electron chi connectivity index (χ1n) is 6.39. The maximum absolute atomic E-state index is 5.53. The van der Waals surface area contributed by atoms with E-state index in [0.717, 1.165) is 22.3 Å². The second-order valence-corrected chi connectivity index (χ2v) is 7.80. The molecule has 1 heterocycles. The van der Waals surface area contributed by atoms with Crippen molar-refractivity contribution in [3.8, 4) is 5.75 Å². The Kier molecular flexibility index (Phi) is 5.66. The van der Waals surface area contributed by atoms with E-state index in [4.69, 9.17) is 4.74 Å². The predicted molar refractivity (Wildman–Crippen MR) is 93.0 cm³/mol. The van der Waals surface area contributed by atoms with Crippen molar-refractivity contribution in [2.24, 2.45) is 0 Å². The van der Waals surface area contributed by atoms with E-state index < -0.39 is 0 Å². The minimum absolute atomic E-state index is 0.151. The summed E-state index contributed by atoms with van der Waals surface area (Å²) in [4.78, 5) is 1.29. The molecule has 0 saturated heterocycles. The maximum atomic E-state index is 5.53. The van der Waals surface area contributed by atoms with Crippen LogP contribution in [0.3, 0.4) is 0 Å². The number of hydrogen-bond donors (Lipinski definition) is 1. The molecule has 0 spiro atoms. The van der Waals surface area contributed by atoms with Gasteiger partial charge in [-0.15, -0.1) is 11.3 Å². The van der Waals surface area contributed by atoms with Crippen LogP contribution in [0.5, 0.6) is 5.75 Å². The van der Waals surface area contributed by atoms with E-state index in [1.165, 1.54) is 14.2 Å². The zero-order chi connectivity index (χ0) is 14.7. The minimum Gasteiger partial charge on any atom is -0.496 e. The Labute approximate surface area is 140 Å². The zero-order valence-corrected chi connectivity index (χ0v) is 15.7. The number of aryl methyl sites for hydroxylation is 1. The molecule has 1 N–H and O–H groups in total. The Morgan fingerprint density at radius 1 is 1.30 bits per heavy atom. The molecule has 1 aromatic heterocycles. The fraction of sp³-hybridized carbons (Fsp3) is 0.333. The van der Waals surface area contributed by atoms with Crippen LogP contribution in [0, 0.1) is 6.92 Å². The largest absolute Gasteiger partial charge is 0.496 e. The van der Waals surface area contributed by atoms with Gasteiger partial charge in [-0.05, 0) is 53.2 Å². The van der Waals surface area contributed by atoms with Crippen molar-refractivity contribution in [1.29, 1.82) is 0 Å². The molecule has 0 aliphatic rings. The third kappa shape index (κ3) is 3.45. The van der Waals surface area contributed by atoms with Crippen LogP contribution >= 0.6 is 43.2 Å². The van der Waals surface area contributed by atoms with E-state index in [-0.39, 0.29) is 6.04 Å². The fourth-order valence-electron chi connectivity index (χ4n) is 2.12. The number of thiophene rings is 1. The van der Waals surface area contributed by atoms with Crippen molar-refractivity contribution in [2.45, 2.75) is 19.9 Å². The monoisotopic (exact) mass is 417 g/mol. The van der Waals surface area contributed by atoms with Crippen LogP contribution < -0.4 is 10.1 Å². The second-order valence-electron chi connectivity index (χ2n) is 4.48. The molecule has 20 heavy (non-hydrogen) atoms. The van der Waals surface area contributed by atoms with Gasteiger partial charge in [-0.3, -0.25) is 0 Å². The Bertz CT molecular complexity index is 578. The van der Waals surface area contributed by atoms with Gasteiger partial charge >= 0.3 is 0 Å². The van der Waals surface area contributed by atoms with Gasteiger partial charge in [0.05, 0.1) is 16.9 Å². The lowest BCUT2D eigenvalue weighted by molar-refractivity contribution is 0.404. The summed E-state index contributed by atoms with van der Waals surface area (Å²) in [5.74, 6) is 0.896. The number of hydrogen-bond acceptors (Lipinski definition) is 3.